The van der Waals surface area contributed by atoms with Crippen LogP contribution in [0.3, 0.4) is 0 Å². The summed E-state index contributed by atoms with van der Waals surface area (Å²) in [5, 5.41) is 3.09. The Kier molecular flexibility index (Phi) is 6.04. The molecule has 1 amide bonds. The van der Waals surface area contributed by atoms with Crippen LogP contribution in [0.5, 0.6) is 11.5 Å². The third-order valence-electron chi connectivity index (χ3n) is 5.73. The van der Waals surface area contributed by atoms with Gasteiger partial charge in [-0.1, -0.05) is 18.2 Å². The lowest BCUT2D eigenvalue weighted by Gasteiger charge is -2.22. The monoisotopic (exact) mass is 476 g/mol. The number of ether oxygens (including phenoxy) is 3. The number of hydrogen-bond acceptors (Lipinski definition) is 10. The predicted octanol–water partition coefficient (Wildman–Crippen LogP) is 2.37. The number of carbonyl (C=O) groups is 2. The van der Waals surface area contributed by atoms with Gasteiger partial charge in [-0.25, -0.2) is 0 Å². The molecule has 0 bridgehead atoms. The fourth-order valence-electron chi connectivity index (χ4n) is 3.96. The summed E-state index contributed by atoms with van der Waals surface area (Å²) in [4.78, 5) is 39.3. The van der Waals surface area contributed by atoms with Crippen molar-refractivity contribution in [2.45, 2.75) is 20.0 Å². The summed E-state index contributed by atoms with van der Waals surface area (Å²) in [6.07, 6.45) is 0.0483. The topological polar surface area (TPSA) is 142 Å². The maximum atomic E-state index is 12.7. The summed E-state index contributed by atoms with van der Waals surface area (Å²) in [5.41, 5.74) is 8.29. The molecular weight excluding hydrogens is 452 g/mol. The van der Waals surface area contributed by atoms with Crippen LogP contribution >= 0.6 is 0 Å². The van der Waals surface area contributed by atoms with E-state index in [0.29, 0.717) is 30.4 Å². The molecule has 35 heavy (non-hydrogen) atoms. The van der Waals surface area contributed by atoms with Crippen molar-refractivity contribution in [3.05, 3.63) is 53.9 Å². The zero-order chi connectivity index (χ0) is 24.4. The van der Waals surface area contributed by atoms with Gasteiger partial charge in [0.15, 0.2) is 23.9 Å². The van der Waals surface area contributed by atoms with Gasteiger partial charge < -0.3 is 30.2 Å². The standard InChI is InChI=1S/C24H24N6O5/c1-14-4-2-3-5-17(14)26-24-28-20(27-23(25)29-24)13-35-22(32)15-10-21(31)30(12-15)16-6-7-18-19(11-16)34-9-8-33-18/h2-7,11,15H,8-10,12-13H2,1H3,(H3,25,26,27,28,29)/t15-/m0/s1. The van der Waals surface area contributed by atoms with Crippen LogP contribution in [-0.2, 0) is 20.9 Å². The van der Waals surface area contributed by atoms with Crippen LogP contribution in [0.25, 0.3) is 0 Å². The van der Waals surface area contributed by atoms with Gasteiger partial charge in [0, 0.05) is 30.4 Å². The number of nitrogens with zero attached hydrogens (tertiary/aromatic N) is 4. The van der Waals surface area contributed by atoms with Crippen molar-refractivity contribution in [1.29, 1.82) is 0 Å². The molecule has 0 spiro atoms. The zero-order valence-electron chi connectivity index (χ0n) is 19.1. The number of esters is 1. The zero-order valence-corrected chi connectivity index (χ0v) is 19.1. The van der Waals surface area contributed by atoms with E-state index in [9.17, 15) is 9.59 Å². The molecule has 1 fully saturated rings. The number of rotatable bonds is 6. The van der Waals surface area contributed by atoms with Crippen LogP contribution in [0.2, 0.25) is 0 Å². The summed E-state index contributed by atoms with van der Waals surface area (Å²) < 4.78 is 16.5. The van der Waals surface area contributed by atoms with E-state index >= 15 is 0 Å². The number of benzene rings is 2. The second kappa shape index (κ2) is 9.45. The Morgan fingerprint density at radius 2 is 1.94 bits per heavy atom. The summed E-state index contributed by atoms with van der Waals surface area (Å²) in [7, 11) is 0. The maximum absolute atomic E-state index is 12.7. The third kappa shape index (κ3) is 4.93. The molecule has 1 atom stereocenters. The largest absolute Gasteiger partial charge is 0.486 e. The van der Waals surface area contributed by atoms with E-state index in [1.807, 2.05) is 31.2 Å². The number of aryl methyl sites for hydroxylation is 1. The first-order valence-corrected chi connectivity index (χ1v) is 11.2. The number of amides is 1. The molecule has 0 unspecified atom stereocenters. The molecule has 2 aromatic carbocycles. The number of fused-ring (bicyclic) bond motifs is 1. The molecule has 0 saturated carbocycles. The van der Waals surface area contributed by atoms with E-state index in [0.717, 1.165) is 11.3 Å². The fourth-order valence-corrected chi connectivity index (χ4v) is 3.96. The molecule has 3 aromatic rings. The average molecular weight is 476 g/mol. The number of nitrogens with two attached hydrogens (primary N) is 1. The normalized spacial score (nSPS) is 16.8. The maximum Gasteiger partial charge on any atom is 0.311 e. The molecule has 11 heteroatoms. The molecule has 5 rings (SSSR count). The molecule has 1 saturated heterocycles. The highest BCUT2D eigenvalue weighted by Gasteiger charge is 2.36. The first kappa shape index (κ1) is 22.4. The van der Waals surface area contributed by atoms with Gasteiger partial charge in [-0.05, 0) is 30.7 Å². The smallest absolute Gasteiger partial charge is 0.311 e. The lowest BCUT2D eigenvalue weighted by Crippen LogP contribution is -2.27. The van der Waals surface area contributed by atoms with Gasteiger partial charge in [-0.3, -0.25) is 9.59 Å². The summed E-state index contributed by atoms with van der Waals surface area (Å²) in [6, 6.07) is 12.9. The van der Waals surface area contributed by atoms with Crippen molar-refractivity contribution in [2.75, 3.05) is 35.7 Å². The van der Waals surface area contributed by atoms with Crippen LogP contribution in [-0.4, -0.2) is 46.6 Å². The highest BCUT2D eigenvalue weighted by Crippen LogP contribution is 2.36. The molecule has 0 aliphatic carbocycles. The quantitative estimate of drug-likeness (QED) is 0.509. The summed E-state index contributed by atoms with van der Waals surface area (Å²) >= 11 is 0. The average Bonchev–Trinajstić information content (AvgIpc) is 3.25. The third-order valence-corrected chi connectivity index (χ3v) is 5.73. The van der Waals surface area contributed by atoms with Gasteiger partial charge in [-0.2, -0.15) is 15.0 Å². The Balaban J connectivity index is 1.22. The fraction of sp³-hybridized carbons (Fsp3) is 0.292. The molecule has 11 nitrogen and oxygen atoms in total. The molecular formula is C24H24N6O5. The van der Waals surface area contributed by atoms with Crippen molar-refractivity contribution in [3.63, 3.8) is 0 Å². The van der Waals surface area contributed by atoms with E-state index in [1.165, 1.54) is 0 Å². The van der Waals surface area contributed by atoms with Crippen LogP contribution in [0.15, 0.2) is 42.5 Å². The number of carbonyl (C=O) groups excluding carboxylic acids is 2. The van der Waals surface area contributed by atoms with E-state index in [2.05, 4.69) is 20.3 Å². The first-order valence-electron chi connectivity index (χ1n) is 11.2. The highest BCUT2D eigenvalue weighted by molar-refractivity contribution is 5.99. The second-order valence-corrected chi connectivity index (χ2v) is 8.21. The molecule has 2 aliphatic heterocycles. The van der Waals surface area contributed by atoms with Crippen LogP contribution in [0, 0.1) is 12.8 Å². The Hall–Kier alpha value is -4.41. The molecule has 180 valence electrons. The van der Waals surface area contributed by atoms with Crippen molar-refractivity contribution in [1.82, 2.24) is 15.0 Å². The minimum atomic E-state index is -0.612. The molecule has 3 heterocycles. The molecule has 2 aliphatic rings. The predicted molar refractivity (Wildman–Crippen MR) is 126 cm³/mol. The SMILES string of the molecule is Cc1ccccc1Nc1nc(N)nc(COC(=O)[C@H]2CC(=O)N(c3ccc4c(c3)OCCO4)C2)n1. The molecule has 1 aromatic heterocycles. The number of nitrogens with one attached hydrogen (secondary N) is 1. The Labute approximate surface area is 201 Å². The summed E-state index contributed by atoms with van der Waals surface area (Å²) in [5.74, 6) is 0.380. The van der Waals surface area contributed by atoms with Crippen LogP contribution < -0.4 is 25.4 Å². The van der Waals surface area contributed by atoms with Crippen molar-refractivity contribution in [2.24, 2.45) is 5.92 Å². The lowest BCUT2D eigenvalue weighted by molar-refractivity contribution is -0.149. The lowest BCUT2D eigenvalue weighted by atomic mass is 10.1. The summed E-state index contributed by atoms with van der Waals surface area (Å²) in [6.45, 7) is 2.90. The van der Waals surface area contributed by atoms with Gasteiger partial charge in [0.2, 0.25) is 17.8 Å². The van der Waals surface area contributed by atoms with Gasteiger partial charge in [0.05, 0.1) is 5.92 Å². The Morgan fingerprint density at radius 3 is 2.77 bits per heavy atom. The van der Waals surface area contributed by atoms with Crippen LogP contribution in [0.4, 0.5) is 23.3 Å². The number of hydrogen-bond donors (Lipinski definition) is 2. The first-order chi connectivity index (χ1) is 17.0. The highest BCUT2D eigenvalue weighted by atomic mass is 16.6. The van der Waals surface area contributed by atoms with E-state index in [1.54, 1.807) is 23.1 Å². The number of aromatic nitrogens is 3. The van der Waals surface area contributed by atoms with Gasteiger partial charge in [-0.15, -0.1) is 0 Å². The minimum absolute atomic E-state index is 0.00274. The van der Waals surface area contributed by atoms with Crippen LogP contribution in [0.1, 0.15) is 17.8 Å². The van der Waals surface area contributed by atoms with Crippen molar-refractivity contribution in [3.8, 4) is 11.5 Å². The Morgan fingerprint density at radius 1 is 1.14 bits per heavy atom. The number of para-hydroxylation sites is 1. The van der Waals surface area contributed by atoms with E-state index < -0.39 is 11.9 Å². The van der Waals surface area contributed by atoms with Gasteiger partial charge >= 0.3 is 5.97 Å². The van der Waals surface area contributed by atoms with E-state index in [-0.39, 0.29) is 43.2 Å². The van der Waals surface area contributed by atoms with Gasteiger partial charge in [0.25, 0.3) is 0 Å². The second-order valence-electron chi connectivity index (χ2n) is 8.21. The van der Waals surface area contributed by atoms with E-state index in [4.69, 9.17) is 19.9 Å². The molecule has 0 radical (unpaired) electrons. The minimum Gasteiger partial charge on any atom is -0.486 e. The van der Waals surface area contributed by atoms with Crippen molar-refractivity contribution < 1.29 is 23.8 Å². The number of anilines is 4. The molecule has 3 N–H and O–H groups in total. The number of nitrogen functional groups attached to an aromatic ring is 1. The Bertz CT molecular complexity index is 1280. The van der Waals surface area contributed by atoms with Gasteiger partial charge in [0.1, 0.15) is 13.2 Å². The van der Waals surface area contributed by atoms with Crippen molar-refractivity contribution >= 4 is 35.1 Å².